The molecule has 0 saturated carbocycles. The Labute approximate surface area is 115 Å². The van der Waals surface area contributed by atoms with E-state index in [1.807, 2.05) is 24.3 Å². The molecule has 98 valence electrons. The van der Waals surface area contributed by atoms with Gasteiger partial charge in [0, 0.05) is 0 Å². The van der Waals surface area contributed by atoms with E-state index in [4.69, 9.17) is 21.1 Å². The molecule has 1 heterocycles. The Balaban J connectivity index is 1.78. The van der Waals surface area contributed by atoms with E-state index in [9.17, 15) is 4.39 Å². The minimum Gasteiger partial charge on any atom is -0.454 e. The molecule has 1 atom stereocenters. The molecule has 0 aliphatic carbocycles. The van der Waals surface area contributed by atoms with E-state index in [-0.39, 0.29) is 18.0 Å². The predicted octanol–water partition coefficient (Wildman–Crippen LogP) is 4.08. The summed E-state index contributed by atoms with van der Waals surface area (Å²) in [6.45, 7) is 0.246. The van der Waals surface area contributed by atoms with Crippen LogP contribution < -0.4 is 9.47 Å². The van der Waals surface area contributed by atoms with Crippen LogP contribution in [-0.2, 0) is 6.42 Å². The van der Waals surface area contributed by atoms with Crippen molar-refractivity contribution < 1.29 is 13.9 Å². The van der Waals surface area contributed by atoms with E-state index in [2.05, 4.69) is 0 Å². The molecule has 4 heteroatoms. The van der Waals surface area contributed by atoms with Crippen molar-refractivity contribution in [2.75, 3.05) is 6.79 Å². The highest BCUT2D eigenvalue weighted by Gasteiger charge is 2.17. The summed E-state index contributed by atoms with van der Waals surface area (Å²) in [6, 6.07) is 12.1. The first kappa shape index (κ1) is 12.3. The molecule has 0 aromatic heterocycles. The maximum absolute atomic E-state index is 13.1. The summed E-state index contributed by atoms with van der Waals surface area (Å²) in [5, 5.41) is -0.226. The van der Waals surface area contributed by atoms with Gasteiger partial charge < -0.3 is 9.47 Å². The van der Waals surface area contributed by atoms with Crippen molar-refractivity contribution in [1.82, 2.24) is 0 Å². The number of benzene rings is 2. The van der Waals surface area contributed by atoms with E-state index in [1.54, 1.807) is 6.07 Å². The summed E-state index contributed by atoms with van der Waals surface area (Å²) in [4.78, 5) is 0. The normalized spacial score (nSPS) is 14.4. The molecule has 2 nitrogen and oxygen atoms in total. The molecule has 19 heavy (non-hydrogen) atoms. The summed E-state index contributed by atoms with van der Waals surface area (Å²) in [7, 11) is 0. The molecule has 0 radical (unpaired) electrons. The van der Waals surface area contributed by atoms with Gasteiger partial charge in [-0.05, 0) is 41.8 Å². The van der Waals surface area contributed by atoms with Crippen LogP contribution in [0, 0.1) is 5.82 Å². The zero-order valence-electron chi connectivity index (χ0n) is 10.1. The molecule has 0 saturated heterocycles. The van der Waals surface area contributed by atoms with Crippen molar-refractivity contribution >= 4 is 11.6 Å². The summed E-state index contributed by atoms with van der Waals surface area (Å²) >= 11 is 6.38. The highest BCUT2D eigenvalue weighted by atomic mass is 35.5. The fourth-order valence-electron chi connectivity index (χ4n) is 2.10. The first-order valence-corrected chi connectivity index (χ1v) is 6.44. The summed E-state index contributed by atoms with van der Waals surface area (Å²) in [6.07, 6.45) is 0.568. The van der Waals surface area contributed by atoms with Crippen LogP contribution >= 0.6 is 11.6 Å². The molecular formula is C15H12ClFO2. The summed E-state index contributed by atoms with van der Waals surface area (Å²) in [5.41, 5.74) is 1.81. The average molecular weight is 279 g/mol. The molecule has 1 unspecified atom stereocenters. The van der Waals surface area contributed by atoms with Gasteiger partial charge in [0.15, 0.2) is 11.5 Å². The van der Waals surface area contributed by atoms with E-state index in [0.29, 0.717) is 12.2 Å². The third-order valence-corrected chi connectivity index (χ3v) is 3.47. The van der Waals surface area contributed by atoms with E-state index in [1.165, 1.54) is 12.1 Å². The second-order valence-electron chi connectivity index (χ2n) is 4.41. The molecule has 0 fully saturated rings. The minimum atomic E-state index is -0.243. The molecule has 3 rings (SSSR count). The number of hydrogen-bond acceptors (Lipinski definition) is 2. The number of rotatable bonds is 3. The van der Waals surface area contributed by atoms with Crippen molar-refractivity contribution in [3.05, 3.63) is 59.4 Å². The van der Waals surface area contributed by atoms with Crippen LogP contribution in [0.2, 0.25) is 0 Å². The molecule has 0 N–H and O–H groups in total. The Bertz CT molecular complexity index is 600. The maximum atomic E-state index is 13.1. The molecule has 2 aromatic carbocycles. The standard InChI is InChI=1S/C15H12ClFO2/c16-13(7-10-2-1-3-12(17)6-10)11-4-5-14-15(8-11)19-9-18-14/h1-6,8,13H,7,9H2. The maximum Gasteiger partial charge on any atom is 0.231 e. The van der Waals surface area contributed by atoms with Gasteiger partial charge in [0.1, 0.15) is 5.82 Å². The van der Waals surface area contributed by atoms with Gasteiger partial charge in [-0.15, -0.1) is 11.6 Å². The molecular weight excluding hydrogens is 267 g/mol. The van der Waals surface area contributed by atoms with Crippen molar-refractivity contribution in [2.24, 2.45) is 0 Å². The Kier molecular flexibility index (Phi) is 3.30. The van der Waals surface area contributed by atoms with Gasteiger partial charge in [0.25, 0.3) is 0 Å². The fourth-order valence-corrected chi connectivity index (χ4v) is 2.41. The number of halogens is 2. The Morgan fingerprint density at radius 1 is 1.11 bits per heavy atom. The van der Waals surface area contributed by atoms with E-state index < -0.39 is 0 Å². The summed E-state index contributed by atoms with van der Waals surface area (Å²) < 4.78 is 23.7. The van der Waals surface area contributed by atoms with Crippen LogP contribution in [0.5, 0.6) is 11.5 Å². The lowest BCUT2D eigenvalue weighted by atomic mass is 10.0. The second kappa shape index (κ2) is 5.10. The fraction of sp³-hybridized carbons (Fsp3) is 0.200. The number of fused-ring (bicyclic) bond motifs is 1. The van der Waals surface area contributed by atoms with Gasteiger partial charge in [-0.2, -0.15) is 0 Å². The summed E-state index contributed by atoms with van der Waals surface area (Å²) in [5.74, 6) is 1.20. The van der Waals surface area contributed by atoms with Gasteiger partial charge in [-0.1, -0.05) is 18.2 Å². The van der Waals surface area contributed by atoms with Crippen LogP contribution in [0.4, 0.5) is 4.39 Å². The number of ether oxygens (including phenoxy) is 2. The van der Waals surface area contributed by atoms with Gasteiger partial charge in [0.05, 0.1) is 5.38 Å². The van der Waals surface area contributed by atoms with Crippen LogP contribution in [0.15, 0.2) is 42.5 Å². The zero-order chi connectivity index (χ0) is 13.2. The number of alkyl halides is 1. The molecule has 1 aliphatic heterocycles. The Morgan fingerprint density at radius 3 is 2.79 bits per heavy atom. The molecule has 0 bridgehead atoms. The van der Waals surface area contributed by atoms with Crippen molar-refractivity contribution in [1.29, 1.82) is 0 Å². The quantitative estimate of drug-likeness (QED) is 0.788. The van der Waals surface area contributed by atoms with E-state index >= 15 is 0 Å². The topological polar surface area (TPSA) is 18.5 Å². The van der Waals surface area contributed by atoms with Gasteiger partial charge >= 0.3 is 0 Å². The third-order valence-electron chi connectivity index (χ3n) is 3.06. The molecule has 0 spiro atoms. The third kappa shape index (κ3) is 2.66. The highest BCUT2D eigenvalue weighted by Crippen LogP contribution is 2.36. The SMILES string of the molecule is Fc1cccc(CC(Cl)c2ccc3c(c2)OCO3)c1. The van der Waals surface area contributed by atoms with Crippen LogP contribution in [0.1, 0.15) is 16.5 Å². The largest absolute Gasteiger partial charge is 0.454 e. The zero-order valence-corrected chi connectivity index (χ0v) is 10.9. The monoisotopic (exact) mass is 278 g/mol. The van der Waals surface area contributed by atoms with Crippen LogP contribution in [0.3, 0.4) is 0 Å². The Morgan fingerprint density at radius 2 is 1.95 bits per heavy atom. The average Bonchev–Trinajstić information content (AvgIpc) is 2.85. The first-order valence-electron chi connectivity index (χ1n) is 6.00. The lowest BCUT2D eigenvalue weighted by Gasteiger charge is -2.10. The smallest absolute Gasteiger partial charge is 0.231 e. The van der Waals surface area contributed by atoms with Crippen LogP contribution in [-0.4, -0.2) is 6.79 Å². The molecule has 0 amide bonds. The van der Waals surface area contributed by atoms with Crippen molar-refractivity contribution in [3.8, 4) is 11.5 Å². The van der Waals surface area contributed by atoms with E-state index in [0.717, 1.165) is 16.9 Å². The van der Waals surface area contributed by atoms with Gasteiger partial charge in [0.2, 0.25) is 6.79 Å². The van der Waals surface area contributed by atoms with Crippen molar-refractivity contribution in [2.45, 2.75) is 11.8 Å². The molecule has 1 aliphatic rings. The number of hydrogen-bond donors (Lipinski definition) is 0. The molecule has 2 aromatic rings. The Hall–Kier alpha value is -1.74. The predicted molar refractivity (Wildman–Crippen MR) is 71.3 cm³/mol. The lowest BCUT2D eigenvalue weighted by Crippen LogP contribution is -1.96. The van der Waals surface area contributed by atoms with Gasteiger partial charge in [-0.3, -0.25) is 0 Å². The lowest BCUT2D eigenvalue weighted by molar-refractivity contribution is 0.174. The highest BCUT2D eigenvalue weighted by molar-refractivity contribution is 6.21. The second-order valence-corrected chi connectivity index (χ2v) is 4.94. The minimum absolute atomic E-state index is 0.226. The van der Waals surface area contributed by atoms with Crippen molar-refractivity contribution in [3.63, 3.8) is 0 Å². The van der Waals surface area contributed by atoms with Crippen LogP contribution in [0.25, 0.3) is 0 Å². The first-order chi connectivity index (χ1) is 9.22. The van der Waals surface area contributed by atoms with Gasteiger partial charge in [-0.25, -0.2) is 4.39 Å².